The first-order valence-corrected chi connectivity index (χ1v) is 10.3. The lowest BCUT2D eigenvalue weighted by molar-refractivity contribution is 0.0946. The van der Waals surface area contributed by atoms with Gasteiger partial charge < -0.3 is 9.47 Å². The number of amides is 2. The van der Waals surface area contributed by atoms with E-state index in [-0.39, 0.29) is 17.3 Å². The molecular formula is C25H21N5O4. The number of ether oxygens (including phenoxy) is 2. The van der Waals surface area contributed by atoms with Gasteiger partial charge in [-0.15, -0.1) is 0 Å². The summed E-state index contributed by atoms with van der Waals surface area (Å²) in [5, 5.41) is 16.6. The standard InChI is InChI=1S/C25H21N5O4/c1-33-19-14-8-13-18(15-19)22-20(27-29-24(31)16-9-4-2-5-10-16)21(23(26)34-22)28-30-25(32)17-11-6-3-7-12-17/h2-15,22,26H,1H3,(H,29,31)(H,30,32)/b26-23?,27-20+,28-21-. The second kappa shape index (κ2) is 10.2. The summed E-state index contributed by atoms with van der Waals surface area (Å²) in [5.41, 5.74) is 6.51. The minimum atomic E-state index is -0.842. The molecule has 9 nitrogen and oxygen atoms in total. The largest absolute Gasteiger partial charge is 0.497 e. The normalized spacial score (nSPS) is 17.3. The van der Waals surface area contributed by atoms with Crippen LogP contribution in [0.5, 0.6) is 5.75 Å². The molecular weight excluding hydrogens is 434 g/mol. The van der Waals surface area contributed by atoms with Crippen molar-refractivity contribution in [1.82, 2.24) is 10.9 Å². The molecule has 1 heterocycles. The van der Waals surface area contributed by atoms with Gasteiger partial charge in [-0.2, -0.15) is 10.2 Å². The molecule has 170 valence electrons. The van der Waals surface area contributed by atoms with Gasteiger partial charge in [-0.3, -0.25) is 15.0 Å². The van der Waals surface area contributed by atoms with Crippen LogP contribution in [0.3, 0.4) is 0 Å². The number of rotatable bonds is 6. The van der Waals surface area contributed by atoms with Crippen molar-refractivity contribution in [1.29, 1.82) is 5.41 Å². The fourth-order valence-electron chi connectivity index (χ4n) is 3.25. The fraction of sp³-hybridized carbons (Fsp3) is 0.0800. The molecule has 1 fully saturated rings. The quantitative estimate of drug-likeness (QED) is 0.493. The molecule has 1 atom stereocenters. The molecule has 0 spiro atoms. The molecule has 1 aliphatic rings. The van der Waals surface area contributed by atoms with Gasteiger partial charge in [-0.25, -0.2) is 10.9 Å². The molecule has 0 aromatic heterocycles. The summed E-state index contributed by atoms with van der Waals surface area (Å²) < 4.78 is 11.0. The van der Waals surface area contributed by atoms with E-state index >= 15 is 0 Å². The molecule has 1 saturated heterocycles. The Bertz CT molecular complexity index is 1270. The van der Waals surface area contributed by atoms with Crippen molar-refractivity contribution in [2.75, 3.05) is 7.11 Å². The predicted molar refractivity (Wildman–Crippen MR) is 127 cm³/mol. The van der Waals surface area contributed by atoms with Crippen LogP contribution in [0.25, 0.3) is 0 Å². The van der Waals surface area contributed by atoms with E-state index in [2.05, 4.69) is 21.1 Å². The van der Waals surface area contributed by atoms with E-state index in [1.54, 1.807) is 84.9 Å². The van der Waals surface area contributed by atoms with Crippen LogP contribution in [-0.4, -0.2) is 36.2 Å². The molecule has 9 heteroatoms. The number of carbonyl (C=O) groups is 2. The van der Waals surface area contributed by atoms with Gasteiger partial charge in [0.05, 0.1) is 7.11 Å². The highest BCUT2D eigenvalue weighted by Crippen LogP contribution is 2.29. The first-order chi connectivity index (χ1) is 16.6. The van der Waals surface area contributed by atoms with Crippen LogP contribution in [0.4, 0.5) is 0 Å². The Morgan fingerprint density at radius 1 is 0.853 bits per heavy atom. The minimum absolute atomic E-state index is 0.00883. The van der Waals surface area contributed by atoms with E-state index in [0.29, 0.717) is 22.4 Å². The number of nitrogens with zero attached hydrogens (tertiary/aromatic N) is 2. The van der Waals surface area contributed by atoms with Crippen molar-refractivity contribution in [3.63, 3.8) is 0 Å². The number of methoxy groups -OCH3 is 1. The molecule has 0 radical (unpaired) electrons. The number of hydrogen-bond acceptors (Lipinski definition) is 7. The topological polar surface area (TPSA) is 125 Å². The van der Waals surface area contributed by atoms with Crippen molar-refractivity contribution in [3.05, 3.63) is 102 Å². The molecule has 2 amide bonds. The Balaban J connectivity index is 1.66. The van der Waals surface area contributed by atoms with Gasteiger partial charge in [-0.05, 0) is 36.4 Å². The Hall–Kier alpha value is -4.79. The second-order valence-corrected chi connectivity index (χ2v) is 7.17. The third-order valence-corrected chi connectivity index (χ3v) is 4.96. The zero-order valence-corrected chi connectivity index (χ0v) is 18.2. The lowest BCUT2D eigenvalue weighted by Gasteiger charge is -2.12. The average molecular weight is 455 g/mol. The van der Waals surface area contributed by atoms with E-state index in [1.807, 2.05) is 0 Å². The van der Waals surface area contributed by atoms with Crippen LogP contribution >= 0.6 is 0 Å². The van der Waals surface area contributed by atoms with Gasteiger partial charge in [0.15, 0.2) is 11.8 Å². The fourth-order valence-corrected chi connectivity index (χ4v) is 3.25. The van der Waals surface area contributed by atoms with Gasteiger partial charge in [0.1, 0.15) is 11.5 Å². The van der Waals surface area contributed by atoms with Crippen LogP contribution in [0.15, 0.2) is 95.1 Å². The van der Waals surface area contributed by atoms with Crippen LogP contribution < -0.4 is 15.6 Å². The molecule has 1 unspecified atom stereocenters. The van der Waals surface area contributed by atoms with E-state index in [4.69, 9.17) is 14.9 Å². The van der Waals surface area contributed by atoms with Crippen LogP contribution in [0.2, 0.25) is 0 Å². The summed E-state index contributed by atoms with van der Waals surface area (Å²) in [6.07, 6.45) is -0.842. The van der Waals surface area contributed by atoms with E-state index in [1.165, 1.54) is 7.11 Å². The van der Waals surface area contributed by atoms with Crippen LogP contribution in [0.1, 0.15) is 32.4 Å². The zero-order chi connectivity index (χ0) is 23.9. The molecule has 4 rings (SSSR count). The number of benzene rings is 3. The van der Waals surface area contributed by atoms with Gasteiger partial charge in [0.25, 0.3) is 11.8 Å². The number of hydrogen-bond donors (Lipinski definition) is 3. The number of hydrazone groups is 2. The highest BCUT2D eigenvalue weighted by atomic mass is 16.5. The summed E-state index contributed by atoms with van der Waals surface area (Å²) in [4.78, 5) is 25.0. The molecule has 3 N–H and O–H groups in total. The zero-order valence-electron chi connectivity index (χ0n) is 18.2. The Morgan fingerprint density at radius 3 is 2.03 bits per heavy atom. The molecule has 3 aromatic rings. The Morgan fingerprint density at radius 2 is 1.44 bits per heavy atom. The maximum absolute atomic E-state index is 12.5. The molecule has 1 aliphatic heterocycles. The smallest absolute Gasteiger partial charge is 0.271 e. The third kappa shape index (κ3) is 4.99. The van der Waals surface area contributed by atoms with E-state index < -0.39 is 17.9 Å². The summed E-state index contributed by atoms with van der Waals surface area (Å²) in [7, 11) is 1.54. The van der Waals surface area contributed by atoms with Crippen molar-refractivity contribution in [2.24, 2.45) is 10.2 Å². The summed E-state index contributed by atoms with van der Waals surface area (Å²) in [6, 6.07) is 24.2. The van der Waals surface area contributed by atoms with Crippen molar-refractivity contribution in [3.8, 4) is 5.75 Å². The van der Waals surface area contributed by atoms with E-state index in [9.17, 15) is 9.59 Å². The first-order valence-electron chi connectivity index (χ1n) is 10.3. The molecule has 3 aromatic carbocycles. The average Bonchev–Trinajstić information content (AvgIpc) is 3.21. The van der Waals surface area contributed by atoms with Crippen LogP contribution in [0, 0.1) is 5.41 Å². The second-order valence-electron chi connectivity index (χ2n) is 7.17. The summed E-state index contributed by atoms with van der Waals surface area (Å²) in [6.45, 7) is 0. The highest BCUT2D eigenvalue weighted by molar-refractivity contribution is 6.69. The monoisotopic (exact) mass is 455 g/mol. The maximum atomic E-state index is 12.5. The van der Waals surface area contributed by atoms with Gasteiger partial charge in [-0.1, -0.05) is 48.5 Å². The number of carbonyl (C=O) groups excluding carboxylic acids is 2. The third-order valence-electron chi connectivity index (χ3n) is 4.96. The Labute approximate surface area is 195 Å². The van der Waals surface area contributed by atoms with Crippen LogP contribution in [-0.2, 0) is 4.74 Å². The van der Waals surface area contributed by atoms with Crippen molar-refractivity contribution >= 4 is 29.1 Å². The summed E-state index contributed by atoms with van der Waals surface area (Å²) >= 11 is 0. The van der Waals surface area contributed by atoms with Crippen molar-refractivity contribution in [2.45, 2.75) is 6.10 Å². The minimum Gasteiger partial charge on any atom is -0.497 e. The highest BCUT2D eigenvalue weighted by Gasteiger charge is 2.38. The lowest BCUT2D eigenvalue weighted by Crippen LogP contribution is -2.28. The number of nitrogens with one attached hydrogen (secondary N) is 3. The predicted octanol–water partition coefficient (Wildman–Crippen LogP) is 3.32. The van der Waals surface area contributed by atoms with Crippen molar-refractivity contribution < 1.29 is 19.1 Å². The van der Waals surface area contributed by atoms with Gasteiger partial charge in [0, 0.05) is 16.7 Å². The Kier molecular flexibility index (Phi) is 6.73. The van der Waals surface area contributed by atoms with Gasteiger partial charge in [0.2, 0.25) is 5.90 Å². The van der Waals surface area contributed by atoms with Gasteiger partial charge >= 0.3 is 0 Å². The first kappa shape index (κ1) is 22.4. The molecule has 0 aliphatic carbocycles. The van der Waals surface area contributed by atoms with E-state index in [0.717, 1.165) is 0 Å². The molecule has 0 bridgehead atoms. The molecule has 34 heavy (non-hydrogen) atoms. The summed E-state index contributed by atoms with van der Waals surface area (Å²) in [5.74, 6) is -0.612. The lowest BCUT2D eigenvalue weighted by atomic mass is 10.0. The SMILES string of the molecule is COc1cccc(C2OC(=N)C(=N\NC(=O)c3ccccc3)/C2=N\NC(=O)c2ccccc2)c1. The molecule has 0 saturated carbocycles. The maximum Gasteiger partial charge on any atom is 0.271 e.